The van der Waals surface area contributed by atoms with E-state index in [1.54, 1.807) is 33.8 Å². The van der Waals surface area contributed by atoms with Crippen LogP contribution in [-0.4, -0.2) is 37.1 Å². The average molecular weight is 372 g/mol. The predicted octanol–water partition coefficient (Wildman–Crippen LogP) is 0.996. The second-order valence-corrected chi connectivity index (χ2v) is 7.76. The number of fused-ring (bicyclic) bond motifs is 1. The van der Waals surface area contributed by atoms with Crippen molar-refractivity contribution in [2.45, 2.75) is 58.9 Å². The first-order valence-electron chi connectivity index (χ1n) is 8.96. The topological polar surface area (TPSA) is 122 Å². The molecule has 3 rings (SSSR count). The fourth-order valence-corrected chi connectivity index (χ4v) is 3.01. The van der Waals surface area contributed by atoms with Gasteiger partial charge in [-0.2, -0.15) is 9.78 Å². The summed E-state index contributed by atoms with van der Waals surface area (Å²) in [6, 6.07) is 1.61. The number of anilines is 1. The third kappa shape index (κ3) is 4.24. The number of aromatic amines is 1. The van der Waals surface area contributed by atoms with E-state index in [2.05, 4.69) is 25.7 Å². The summed E-state index contributed by atoms with van der Waals surface area (Å²) in [7, 11) is 0. The van der Waals surface area contributed by atoms with Gasteiger partial charge < -0.3 is 10.6 Å². The lowest BCUT2D eigenvalue weighted by atomic mass is 9.97. The van der Waals surface area contributed by atoms with Crippen LogP contribution in [-0.2, 0) is 22.4 Å². The Morgan fingerprint density at radius 2 is 1.89 bits per heavy atom. The van der Waals surface area contributed by atoms with Crippen LogP contribution in [0.1, 0.15) is 50.6 Å². The fraction of sp³-hybridized carbons (Fsp3) is 0.500. The highest BCUT2D eigenvalue weighted by molar-refractivity contribution is 6.39. The Hall–Kier alpha value is -2.97. The van der Waals surface area contributed by atoms with Gasteiger partial charge in [-0.25, -0.2) is 4.98 Å². The molecule has 0 saturated carbocycles. The molecule has 0 saturated heterocycles. The fourth-order valence-electron chi connectivity index (χ4n) is 3.01. The Labute approximate surface area is 156 Å². The molecule has 0 spiro atoms. The molecule has 0 fully saturated rings. The van der Waals surface area contributed by atoms with E-state index in [4.69, 9.17) is 0 Å². The molecule has 144 valence electrons. The Morgan fingerprint density at radius 1 is 1.19 bits per heavy atom. The summed E-state index contributed by atoms with van der Waals surface area (Å²) >= 11 is 0. The van der Waals surface area contributed by atoms with Crippen molar-refractivity contribution >= 4 is 17.6 Å². The van der Waals surface area contributed by atoms with Gasteiger partial charge in [0.25, 0.3) is 5.56 Å². The highest BCUT2D eigenvalue weighted by Gasteiger charge is 2.23. The quantitative estimate of drug-likeness (QED) is 0.679. The molecule has 2 heterocycles. The molecule has 0 aromatic carbocycles. The van der Waals surface area contributed by atoms with Gasteiger partial charge in [0.2, 0.25) is 5.95 Å². The molecule has 0 radical (unpaired) electrons. The molecule has 0 unspecified atom stereocenters. The first-order valence-corrected chi connectivity index (χ1v) is 8.96. The Bertz CT molecular complexity index is 951. The minimum absolute atomic E-state index is 0.189. The summed E-state index contributed by atoms with van der Waals surface area (Å²) in [6.45, 7) is 7.11. The number of aromatic nitrogens is 4. The van der Waals surface area contributed by atoms with Crippen LogP contribution in [0.3, 0.4) is 0 Å². The van der Waals surface area contributed by atoms with Gasteiger partial charge in [0, 0.05) is 17.2 Å². The molecule has 2 aromatic heterocycles. The average Bonchev–Trinajstić information content (AvgIpc) is 2.93. The number of rotatable bonds is 2. The second-order valence-electron chi connectivity index (χ2n) is 7.76. The van der Waals surface area contributed by atoms with E-state index in [0.29, 0.717) is 17.7 Å². The number of hydrogen-bond donors (Lipinski definition) is 3. The smallest absolute Gasteiger partial charge is 0.314 e. The van der Waals surface area contributed by atoms with Crippen molar-refractivity contribution < 1.29 is 9.59 Å². The Morgan fingerprint density at radius 3 is 2.59 bits per heavy atom. The first kappa shape index (κ1) is 18.8. The highest BCUT2D eigenvalue weighted by atomic mass is 16.2. The molecule has 9 nitrogen and oxygen atoms in total. The lowest BCUT2D eigenvalue weighted by Crippen LogP contribution is -2.46. The SMILES string of the molecule is Cc1cc(NC(=O)C(=O)NC(C)(C)C)n(-c2nc3c(c(=O)[nH]2)CCCC3)n1. The van der Waals surface area contributed by atoms with E-state index in [0.717, 1.165) is 25.0 Å². The Balaban J connectivity index is 1.91. The molecule has 9 heteroatoms. The minimum atomic E-state index is -0.814. The van der Waals surface area contributed by atoms with E-state index < -0.39 is 17.4 Å². The summed E-state index contributed by atoms with van der Waals surface area (Å²) in [5.41, 5.74) is 1.36. The van der Waals surface area contributed by atoms with Crippen molar-refractivity contribution in [3.63, 3.8) is 0 Å². The van der Waals surface area contributed by atoms with E-state index in [1.807, 2.05) is 0 Å². The maximum absolute atomic E-state index is 12.4. The largest absolute Gasteiger partial charge is 0.343 e. The normalized spacial score (nSPS) is 13.8. The van der Waals surface area contributed by atoms with Gasteiger partial charge in [0.1, 0.15) is 5.82 Å². The van der Waals surface area contributed by atoms with Gasteiger partial charge in [-0.15, -0.1) is 0 Å². The van der Waals surface area contributed by atoms with Crippen LogP contribution in [0.15, 0.2) is 10.9 Å². The van der Waals surface area contributed by atoms with Crippen molar-refractivity contribution in [1.82, 2.24) is 25.1 Å². The van der Waals surface area contributed by atoms with Gasteiger partial charge >= 0.3 is 11.8 Å². The number of nitrogens with one attached hydrogen (secondary N) is 3. The number of hydrogen-bond acceptors (Lipinski definition) is 5. The molecular formula is C18H24N6O3. The van der Waals surface area contributed by atoms with E-state index in [-0.39, 0.29) is 17.3 Å². The van der Waals surface area contributed by atoms with E-state index in [1.165, 1.54) is 4.68 Å². The van der Waals surface area contributed by atoms with Gasteiger partial charge in [-0.3, -0.25) is 19.4 Å². The number of nitrogens with zero attached hydrogens (tertiary/aromatic N) is 3. The zero-order valence-electron chi connectivity index (χ0n) is 16.0. The van der Waals surface area contributed by atoms with Crippen LogP contribution >= 0.6 is 0 Å². The number of H-pyrrole nitrogens is 1. The molecule has 0 bridgehead atoms. The zero-order valence-corrected chi connectivity index (χ0v) is 16.0. The molecular weight excluding hydrogens is 348 g/mol. The number of carbonyl (C=O) groups excluding carboxylic acids is 2. The van der Waals surface area contributed by atoms with Crippen molar-refractivity contribution in [2.75, 3.05) is 5.32 Å². The molecule has 2 amide bonds. The summed E-state index contributed by atoms with van der Waals surface area (Å²) in [5, 5.41) is 9.44. The summed E-state index contributed by atoms with van der Waals surface area (Å²) < 4.78 is 1.34. The highest BCUT2D eigenvalue weighted by Crippen LogP contribution is 2.19. The molecule has 1 aliphatic rings. The monoisotopic (exact) mass is 372 g/mol. The van der Waals surface area contributed by atoms with Crippen LogP contribution in [0.2, 0.25) is 0 Å². The predicted molar refractivity (Wildman–Crippen MR) is 99.9 cm³/mol. The summed E-state index contributed by atoms with van der Waals surface area (Å²) in [6.07, 6.45) is 3.41. The maximum Gasteiger partial charge on any atom is 0.314 e. The molecule has 0 aliphatic heterocycles. The molecule has 3 N–H and O–H groups in total. The minimum Gasteiger partial charge on any atom is -0.343 e. The van der Waals surface area contributed by atoms with Crippen LogP contribution in [0.4, 0.5) is 5.82 Å². The van der Waals surface area contributed by atoms with Crippen molar-refractivity contribution in [3.8, 4) is 5.95 Å². The van der Waals surface area contributed by atoms with Crippen LogP contribution in [0, 0.1) is 6.92 Å². The maximum atomic E-state index is 12.4. The lowest BCUT2D eigenvalue weighted by Gasteiger charge is -2.20. The molecule has 27 heavy (non-hydrogen) atoms. The summed E-state index contributed by atoms with van der Waals surface area (Å²) in [4.78, 5) is 43.9. The van der Waals surface area contributed by atoms with Crippen molar-refractivity contribution in [1.29, 1.82) is 0 Å². The zero-order chi connectivity index (χ0) is 19.8. The van der Waals surface area contributed by atoms with E-state index >= 15 is 0 Å². The van der Waals surface area contributed by atoms with E-state index in [9.17, 15) is 14.4 Å². The van der Waals surface area contributed by atoms with Crippen LogP contribution in [0.25, 0.3) is 5.95 Å². The van der Waals surface area contributed by atoms with Gasteiger partial charge in [-0.1, -0.05) is 0 Å². The van der Waals surface area contributed by atoms with Crippen LogP contribution < -0.4 is 16.2 Å². The van der Waals surface area contributed by atoms with Crippen molar-refractivity contribution in [2.24, 2.45) is 0 Å². The number of aryl methyl sites for hydroxylation is 2. The second kappa shape index (κ2) is 6.98. The molecule has 0 atom stereocenters. The Kier molecular flexibility index (Phi) is 4.86. The van der Waals surface area contributed by atoms with Gasteiger partial charge in [-0.05, 0) is 53.4 Å². The number of carbonyl (C=O) groups is 2. The van der Waals surface area contributed by atoms with Gasteiger partial charge in [0.15, 0.2) is 0 Å². The summed E-state index contributed by atoms with van der Waals surface area (Å²) in [5.74, 6) is -1.08. The lowest BCUT2D eigenvalue weighted by molar-refractivity contribution is -0.137. The standard InChI is InChI=1S/C18H24N6O3/c1-10-9-13(20-15(26)16(27)22-18(2,3)4)24(23-10)17-19-12-8-6-5-7-11(12)14(25)21-17/h9H,5-8H2,1-4H3,(H,20,26)(H,22,27)(H,19,21,25). The molecule has 2 aromatic rings. The van der Waals surface area contributed by atoms with Gasteiger partial charge in [0.05, 0.1) is 11.4 Å². The molecule has 1 aliphatic carbocycles. The number of amides is 2. The van der Waals surface area contributed by atoms with Crippen LogP contribution in [0.5, 0.6) is 0 Å². The third-order valence-electron chi connectivity index (χ3n) is 4.15. The van der Waals surface area contributed by atoms with Crippen molar-refractivity contribution in [3.05, 3.63) is 33.4 Å². The first-order chi connectivity index (χ1) is 12.6. The third-order valence-corrected chi connectivity index (χ3v) is 4.15.